The largest absolute Gasteiger partial charge is 0.325 e. The zero-order chi connectivity index (χ0) is 18.7. The normalized spacial score (nSPS) is 19.4. The molecule has 0 atom stereocenters. The van der Waals surface area contributed by atoms with E-state index in [2.05, 4.69) is 10.6 Å². The van der Waals surface area contributed by atoms with Gasteiger partial charge >= 0.3 is 6.03 Å². The maximum absolute atomic E-state index is 12.9. The van der Waals surface area contributed by atoms with Crippen molar-refractivity contribution in [2.75, 3.05) is 11.9 Å². The van der Waals surface area contributed by atoms with Crippen molar-refractivity contribution in [2.45, 2.75) is 64.3 Å². The number of nitrogens with one attached hydrogen (secondary N) is 2. The summed E-state index contributed by atoms with van der Waals surface area (Å²) in [6.45, 7) is 3.71. The highest BCUT2D eigenvalue weighted by molar-refractivity contribution is 6.10. The van der Waals surface area contributed by atoms with Gasteiger partial charge < -0.3 is 10.6 Å². The highest BCUT2D eigenvalue weighted by Gasteiger charge is 2.51. The summed E-state index contributed by atoms with van der Waals surface area (Å²) in [5.74, 6) is -0.594. The number of anilines is 1. The Morgan fingerprint density at radius 1 is 1.19 bits per heavy atom. The van der Waals surface area contributed by atoms with E-state index in [9.17, 15) is 14.4 Å². The van der Waals surface area contributed by atoms with Crippen molar-refractivity contribution in [3.63, 3.8) is 0 Å². The van der Waals surface area contributed by atoms with Crippen LogP contribution in [0.4, 0.5) is 10.5 Å². The molecule has 1 aromatic carbocycles. The number of benzene rings is 1. The summed E-state index contributed by atoms with van der Waals surface area (Å²) >= 11 is 0. The second-order valence-corrected chi connectivity index (χ2v) is 7.33. The fraction of sp³-hybridized carbons (Fsp3) is 0.550. The lowest BCUT2D eigenvalue weighted by Crippen LogP contribution is -2.47. The van der Waals surface area contributed by atoms with Gasteiger partial charge in [0.25, 0.3) is 5.91 Å². The van der Waals surface area contributed by atoms with E-state index in [0.717, 1.165) is 53.8 Å². The second kappa shape index (κ2) is 7.48. The SMILES string of the molecule is CCc1cccc(C)c1NC(=O)CN1C(=O)NC2(CCCCCC2)C1=O. The molecular weight excluding hydrogens is 330 g/mol. The number of imide groups is 1. The molecule has 26 heavy (non-hydrogen) atoms. The number of carbonyl (C=O) groups is 3. The van der Waals surface area contributed by atoms with Crippen LogP contribution >= 0.6 is 0 Å². The maximum atomic E-state index is 12.9. The number of carbonyl (C=O) groups excluding carboxylic acids is 3. The minimum Gasteiger partial charge on any atom is -0.324 e. The van der Waals surface area contributed by atoms with E-state index in [0.29, 0.717) is 12.8 Å². The summed E-state index contributed by atoms with van der Waals surface area (Å²) in [7, 11) is 0. The Labute approximate surface area is 154 Å². The molecule has 1 aliphatic heterocycles. The van der Waals surface area contributed by atoms with Crippen LogP contribution in [0.25, 0.3) is 0 Å². The molecule has 1 saturated carbocycles. The first-order valence-electron chi connectivity index (χ1n) is 9.49. The molecule has 4 amide bonds. The third-order valence-electron chi connectivity index (χ3n) is 5.51. The first-order chi connectivity index (χ1) is 12.5. The van der Waals surface area contributed by atoms with Crippen molar-refractivity contribution in [3.05, 3.63) is 29.3 Å². The van der Waals surface area contributed by atoms with E-state index in [4.69, 9.17) is 0 Å². The monoisotopic (exact) mass is 357 g/mol. The molecule has 3 rings (SSSR count). The van der Waals surface area contributed by atoms with Gasteiger partial charge in [-0.1, -0.05) is 50.8 Å². The molecule has 6 nitrogen and oxygen atoms in total. The molecule has 1 spiro atoms. The zero-order valence-corrected chi connectivity index (χ0v) is 15.6. The predicted octanol–water partition coefficient (Wildman–Crippen LogP) is 3.14. The lowest BCUT2D eigenvalue weighted by atomic mass is 9.90. The second-order valence-electron chi connectivity index (χ2n) is 7.33. The lowest BCUT2D eigenvalue weighted by molar-refractivity contribution is -0.134. The van der Waals surface area contributed by atoms with E-state index < -0.39 is 11.6 Å². The van der Waals surface area contributed by atoms with Crippen LogP contribution in [-0.2, 0) is 16.0 Å². The van der Waals surface area contributed by atoms with Crippen LogP contribution in [0.15, 0.2) is 18.2 Å². The summed E-state index contributed by atoms with van der Waals surface area (Å²) in [6.07, 6.45) is 6.13. The average molecular weight is 357 g/mol. The van der Waals surface area contributed by atoms with Crippen LogP contribution in [0.5, 0.6) is 0 Å². The predicted molar refractivity (Wildman–Crippen MR) is 99.9 cm³/mol. The maximum Gasteiger partial charge on any atom is 0.325 e. The van der Waals surface area contributed by atoms with Gasteiger partial charge in [0, 0.05) is 5.69 Å². The first kappa shape index (κ1) is 18.4. The highest BCUT2D eigenvalue weighted by Crippen LogP contribution is 2.32. The van der Waals surface area contributed by atoms with Crippen LogP contribution < -0.4 is 10.6 Å². The van der Waals surface area contributed by atoms with Crippen molar-refractivity contribution in [1.29, 1.82) is 0 Å². The lowest BCUT2D eigenvalue weighted by Gasteiger charge is -2.24. The summed E-state index contributed by atoms with van der Waals surface area (Å²) in [6, 6.07) is 5.41. The van der Waals surface area contributed by atoms with E-state index in [1.165, 1.54) is 0 Å². The molecule has 1 saturated heterocycles. The molecule has 0 bridgehead atoms. The number of nitrogens with zero attached hydrogens (tertiary/aromatic N) is 1. The minimum atomic E-state index is -0.800. The molecule has 6 heteroatoms. The molecule has 1 aromatic rings. The summed E-state index contributed by atoms with van der Waals surface area (Å²) in [4.78, 5) is 38.9. The highest BCUT2D eigenvalue weighted by atomic mass is 16.2. The number of hydrogen-bond donors (Lipinski definition) is 2. The van der Waals surface area contributed by atoms with Crippen LogP contribution in [0.1, 0.15) is 56.6 Å². The fourth-order valence-corrected chi connectivity index (χ4v) is 4.02. The molecular formula is C20H27N3O3. The molecule has 0 unspecified atom stereocenters. The van der Waals surface area contributed by atoms with Gasteiger partial charge in [0.15, 0.2) is 0 Å². The van der Waals surface area contributed by atoms with E-state index >= 15 is 0 Å². The topological polar surface area (TPSA) is 78.5 Å². The minimum absolute atomic E-state index is 0.246. The summed E-state index contributed by atoms with van der Waals surface area (Å²) in [5, 5.41) is 5.76. The van der Waals surface area contributed by atoms with Gasteiger partial charge in [-0.2, -0.15) is 0 Å². The molecule has 2 aliphatic rings. The standard InChI is InChI=1S/C20H27N3O3/c1-3-15-10-8-9-14(2)17(15)21-16(24)13-23-18(25)20(22-19(23)26)11-6-4-5-7-12-20/h8-10H,3-7,11-13H2,1-2H3,(H,21,24)(H,22,26). The molecule has 1 heterocycles. The molecule has 0 radical (unpaired) electrons. The Hall–Kier alpha value is -2.37. The third-order valence-corrected chi connectivity index (χ3v) is 5.51. The van der Waals surface area contributed by atoms with E-state index in [-0.39, 0.29) is 18.4 Å². The van der Waals surface area contributed by atoms with Gasteiger partial charge in [-0.05, 0) is 37.3 Å². The van der Waals surface area contributed by atoms with Crippen molar-refractivity contribution in [1.82, 2.24) is 10.2 Å². The Balaban J connectivity index is 1.72. The van der Waals surface area contributed by atoms with Gasteiger partial charge in [0.05, 0.1) is 0 Å². The number of amides is 4. The molecule has 0 aromatic heterocycles. The quantitative estimate of drug-likeness (QED) is 0.813. The molecule has 140 valence electrons. The van der Waals surface area contributed by atoms with Gasteiger partial charge in [-0.25, -0.2) is 4.79 Å². The zero-order valence-electron chi connectivity index (χ0n) is 15.6. The van der Waals surface area contributed by atoms with E-state index in [1.54, 1.807) is 0 Å². The molecule has 1 aliphatic carbocycles. The van der Waals surface area contributed by atoms with Crippen LogP contribution in [-0.4, -0.2) is 34.8 Å². The summed E-state index contributed by atoms with van der Waals surface area (Å²) < 4.78 is 0. The van der Waals surface area contributed by atoms with Gasteiger partial charge in [-0.15, -0.1) is 0 Å². The van der Waals surface area contributed by atoms with Gasteiger partial charge in [-0.3, -0.25) is 14.5 Å². The average Bonchev–Trinajstić information content (AvgIpc) is 2.79. The van der Waals surface area contributed by atoms with Crippen LogP contribution in [0.3, 0.4) is 0 Å². The Bertz CT molecular complexity index is 721. The number of hydrogen-bond acceptors (Lipinski definition) is 3. The van der Waals surface area contributed by atoms with Crippen LogP contribution in [0, 0.1) is 6.92 Å². The van der Waals surface area contributed by atoms with Crippen LogP contribution in [0.2, 0.25) is 0 Å². The number of urea groups is 1. The molecule has 2 N–H and O–H groups in total. The number of rotatable bonds is 4. The van der Waals surface area contributed by atoms with Crippen molar-refractivity contribution in [2.24, 2.45) is 0 Å². The summed E-state index contributed by atoms with van der Waals surface area (Å²) in [5.41, 5.74) is 1.98. The van der Waals surface area contributed by atoms with Gasteiger partial charge in [0.1, 0.15) is 12.1 Å². The van der Waals surface area contributed by atoms with Crippen molar-refractivity contribution < 1.29 is 14.4 Å². The Morgan fingerprint density at radius 3 is 2.54 bits per heavy atom. The number of para-hydroxylation sites is 1. The van der Waals surface area contributed by atoms with Crippen molar-refractivity contribution >= 4 is 23.5 Å². The van der Waals surface area contributed by atoms with Gasteiger partial charge in [0.2, 0.25) is 5.91 Å². The van der Waals surface area contributed by atoms with Crippen molar-refractivity contribution in [3.8, 4) is 0 Å². The Morgan fingerprint density at radius 2 is 1.88 bits per heavy atom. The number of aryl methyl sites for hydroxylation is 2. The smallest absolute Gasteiger partial charge is 0.324 e. The third kappa shape index (κ3) is 3.45. The molecule has 2 fully saturated rings. The fourth-order valence-electron chi connectivity index (χ4n) is 4.02. The Kier molecular flexibility index (Phi) is 5.30. The first-order valence-corrected chi connectivity index (χ1v) is 9.49. The van der Waals surface area contributed by atoms with E-state index in [1.807, 2.05) is 32.0 Å².